The van der Waals surface area contributed by atoms with Gasteiger partial charge in [0.05, 0.1) is 5.56 Å². The highest BCUT2D eigenvalue weighted by molar-refractivity contribution is 5.92. The minimum Gasteiger partial charge on any atom is -0.364 e. The maximum absolute atomic E-state index is 12.4. The highest BCUT2D eigenvalue weighted by atomic mass is 19.4. The molecule has 16 heavy (non-hydrogen) atoms. The van der Waals surface area contributed by atoms with Crippen molar-refractivity contribution in [3.8, 4) is 0 Å². The highest BCUT2D eigenvalue weighted by Gasteiger charge is 2.32. The zero-order valence-electron chi connectivity index (χ0n) is 8.80. The average molecular weight is 232 g/mol. The largest absolute Gasteiger partial charge is 0.417 e. The number of halogens is 3. The monoisotopic (exact) mass is 232 g/mol. The topological polar surface area (TPSA) is 56.0 Å². The summed E-state index contributed by atoms with van der Waals surface area (Å²) in [6.45, 7) is 3.34. The van der Waals surface area contributed by atoms with Crippen molar-refractivity contribution >= 4 is 5.91 Å². The summed E-state index contributed by atoms with van der Waals surface area (Å²) < 4.78 is 37.2. The molecule has 0 saturated heterocycles. The Kier molecular flexibility index (Phi) is 3.21. The number of carbonyl (C=O) groups excluding carboxylic acids is 1. The molecule has 0 fully saturated rings. The fraction of sp³-hybridized carbons (Fsp3) is 0.400. The average Bonchev–Trinajstić information content (AvgIpc) is 2.15. The number of hydrogen-bond acceptors (Lipinski definition) is 2. The number of primary amides is 1. The Labute approximate surface area is 90.5 Å². The van der Waals surface area contributed by atoms with E-state index in [0.29, 0.717) is 6.20 Å². The third kappa shape index (κ3) is 2.50. The molecule has 0 saturated carbocycles. The van der Waals surface area contributed by atoms with E-state index < -0.39 is 17.6 Å². The van der Waals surface area contributed by atoms with Crippen LogP contribution in [0.4, 0.5) is 13.2 Å². The van der Waals surface area contributed by atoms with Gasteiger partial charge in [-0.2, -0.15) is 13.2 Å². The van der Waals surface area contributed by atoms with Crippen LogP contribution in [0.1, 0.15) is 41.4 Å². The summed E-state index contributed by atoms with van der Waals surface area (Å²) in [6.07, 6.45) is -3.85. The Balaban J connectivity index is 3.34. The summed E-state index contributed by atoms with van der Waals surface area (Å²) in [4.78, 5) is 14.4. The van der Waals surface area contributed by atoms with Crippen molar-refractivity contribution in [2.24, 2.45) is 5.73 Å². The Hall–Kier alpha value is -1.59. The van der Waals surface area contributed by atoms with Gasteiger partial charge in [0, 0.05) is 6.20 Å². The molecule has 1 amide bonds. The van der Waals surface area contributed by atoms with E-state index in [1.54, 1.807) is 13.8 Å². The van der Waals surface area contributed by atoms with Crippen molar-refractivity contribution in [2.75, 3.05) is 0 Å². The Morgan fingerprint density at radius 2 is 2.00 bits per heavy atom. The van der Waals surface area contributed by atoms with Crippen LogP contribution >= 0.6 is 0 Å². The van der Waals surface area contributed by atoms with Gasteiger partial charge in [0.15, 0.2) is 0 Å². The van der Waals surface area contributed by atoms with E-state index in [9.17, 15) is 18.0 Å². The van der Waals surface area contributed by atoms with Crippen molar-refractivity contribution in [3.05, 3.63) is 29.1 Å². The lowest BCUT2D eigenvalue weighted by Gasteiger charge is -2.13. The standard InChI is InChI=1S/C10H11F3N2O/c1-5(2)7-3-6(10(11,12)13)4-15-8(7)9(14)16/h3-5H,1-2H3,(H2,14,16). The SMILES string of the molecule is CC(C)c1cc(C(F)(F)F)cnc1C(N)=O. The molecule has 0 aliphatic rings. The molecular weight excluding hydrogens is 221 g/mol. The number of rotatable bonds is 2. The number of nitrogens with zero attached hydrogens (tertiary/aromatic N) is 1. The van der Waals surface area contributed by atoms with Crippen LogP contribution in [0.15, 0.2) is 12.3 Å². The van der Waals surface area contributed by atoms with E-state index in [1.165, 1.54) is 0 Å². The lowest BCUT2D eigenvalue weighted by molar-refractivity contribution is -0.137. The smallest absolute Gasteiger partial charge is 0.364 e. The summed E-state index contributed by atoms with van der Waals surface area (Å²) in [5.41, 5.74) is 4.26. The quantitative estimate of drug-likeness (QED) is 0.850. The van der Waals surface area contributed by atoms with E-state index >= 15 is 0 Å². The molecule has 0 aromatic carbocycles. The molecule has 1 rings (SSSR count). The summed E-state index contributed by atoms with van der Waals surface area (Å²) in [7, 11) is 0. The van der Waals surface area contributed by atoms with Gasteiger partial charge in [0.25, 0.3) is 5.91 Å². The zero-order chi connectivity index (χ0) is 12.5. The van der Waals surface area contributed by atoms with Crippen molar-refractivity contribution < 1.29 is 18.0 Å². The fourth-order valence-corrected chi connectivity index (χ4v) is 1.28. The van der Waals surface area contributed by atoms with Crippen LogP contribution in [-0.2, 0) is 6.18 Å². The van der Waals surface area contributed by atoms with Gasteiger partial charge >= 0.3 is 6.18 Å². The van der Waals surface area contributed by atoms with Crippen LogP contribution in [-0.4, -0.2) is 10.9 Å². The predicted octanol–water partition coefficient (Wildman–Crippen LogP) is 2.32. The van der Waals surface area contributed by atoms with Crippen molar-refractivity contribution in [3.63, 3.8) is 0 Å². The Bertz CT molecular complexity index is 413. The number of aromatic nitrogens is 1. The fourth-order valence-electron chi connectivity index (χ4n) is 1.28. The molecule has 0 atom stereocenters. The molecule has 0 unspecified atom stereocenters. The second-order valence-electron chi connectivity index (χ2n) is 3.68. The molecule has 1 aromatic rings. The minimum absolute atomic E-state index is 0.108. The third-order valence-electron chi connectivity index (χ3n) is 2.10. The van der Waals surface area contributed by atoms with Crippen LogP contribution in [0.2, 0.25) is 0 Å². The number of nitrogens with two attached hydrogens (primary N) is 1. The molecule has 6 heteroatoms. The molecular formula is C10H11F3N2O. The van der Waals surface area contributed by atoms with Crippen molar-refractivity contribution in [2.45, 2.75) is 25.9 Å². The van der Waals surface area contributed by atoms with Crippen LogP contribution < -0.4 is 5.73 Å². The predicted molar refractivity (Wildman–Crippen MR) is 51.8 cm³/mol. The number of hydrogen-bond donors (Lipinski definition) is 1. The molecule has 88 valence electrons. The first kappa shape index (κ1) is 12.5. The molecule has 0 aliphatic carbocycles. The third-order valence-corrected chi connectivity index (χ3v) is 2.10. The Morgan fingerprint density at radius 1 is 1.44 bits per heavy atom. The van der Waals surface area contributed by atoms with Crippen LogP contribution in [0.25, 0.3) is 0 Å². The lowest BCUT2D eigenvalue weighted by atomic mass is 9.99. The first-order valence-electron chi connectivity index (χ1n) is 4.60. The van der Waals surface area contributed by atoms with Gasteiger partial charge in [-0.05, 0) is 17.5 Å². The van der Waals surface area contributed by atoms with Gasteiger partial charge in [0.2, 0.25) is 0 Å². The van der Waals surface area contributed by atoms with E-state index in [1.807, 2.05) is 0 Å². The van der Waals surface area contributed by atoms with Gasteiger partial charge in [-0.25, -0.2) is 0 Å². The van der Waals surface area contributed by atoms with Crippen molar-refractivity contribution in [1.29, 1.82) is 0 Å². The molecule has 0 bridgehead atoms. The second kappa shape index (κ2) is 4.11. The van der Waals surface area contributed by atoms with E-state index in [0.717, 1.165) is 6.07 Å². The van der Waals surface area contributed by atoms with E-state index in [2.05, 4.69) is 4.98 Å². The molecule has 0 spiro atoms. The number of carbonyl (C=O) groups is 1. The van der Waals surface area contributed by atoms with Crippen LogP contribution in [0.5, 0.6) is 0 Å². The molecule has 0 aliphatic heterocycles. The molecule has 1 heterocycles. The zero-order valence-corrected chi connectivity index (χ0v) is 8.80. The second-order valence-corrected chi connectivity index (χ2v) is 3.68. The lowest BCUT2D eigenvalue weighted by Crippen LogP contribution is -2.18. The Morgan fingerprint density at radius 3 is 2.38 bits per heavy atom. The van der Waals surface area contributed by atoms with Crippen molar-refractivity contribution in [1.82, 2.24) is 4.98 Å². The van der Waals surface area contributed by atoms with Crippen LogP contribution in [0, 0.1) is 0 Å². The molecule has 0 radical (unpaired) electrons. The highest BCUT2D eigenvalue weighted by Crippen LogP contribution is 2.31. The summed E-state index contributed by atoms with van der Waals surface area (Å²) >= 11 is 0. The maximum Gasteiger partial charge on any atom is 0.417 e. The van der Waals surface area contributed by atoms with Gasteiger partial charge in [0.1, 0.15) is 5.69 Å². The first-order valence-corrected chi connectivity index (χ1v) is 4.60. The number of alkyl halides is 3. The van der Waals surface area contributed by atoms with E-state index in [4.69, 9.17) is 5.73 Å². The van der Waals surface area contributed by atoms with Gasteiger partial charge in [-0.1, -0.05) is 13.8 Å². The molecule has 3 nitrogen and oxygen atoms in total. The van der Waals surface area contributed by atoms with Gasteiger partial charge < -0.3 is 5.73 Å². The normalized spacial score (nSPS) is 11.9. The summed E-state index contributed by atoms with van der Waals surface area (Å²) in [6, 6.07) is 0.914. The minimum atomic E-state index is -4.47. The van der Waals surface area contributed by atoms with Crippen LogP contribution in [0.3, 0.4) is 0 Å². The van der Waals surface area contributed by atoms with E-state index in [-0.39, 0.29) is 17.2 Å². The van der Waals surface area contributed by atoms with Gasteiger partial charge in [-0.3, -0.25) is 9.78 Å². The number of amides is 1. The van der Waals surface area contributed by atoms with Gasteiger partial charge in [-0.15, -0.1) is 0 Å². The number of pyridine rings is 1. The first-order chi connectivity index (χ1) is 7.23. The summed E-state index contributed by atoms with van der Waals surface area (Å²) in [5, 5.41) is 0. The summed E-state index contributed by atoms with van der Waals surface area (Å²) in [5.74, 6) is -1.07. The maximum atomic E-state index is 12.4. The molecule has 2 N–H and O–H groups in total. The molecule has 1 aromatic heterocycles.